The molecule has 4 aromatic carbocycles. The molecule has 4 rings (SSSR count). The zero-order valence-electron chi connectivity index (χ0n) is 16.8. The molecule has 0 saturated carbocycles. The number of non-ortho nitro benzene ring substituents is 1. The largest absolute Gasteiger partial charge is 0.485 e. The van der Waals surface area contributed by atoms with Crippen LogP contribution in [0, 0.1) is 10.1 Å². The molecule has 0 heterocycles. The summed E-state index contributed by atoms with van der Waals surface area (Å²) < 4.78 is 12.3. The van der Waals surface area contributed by atoms with Gasteiger partial charge in [0.2, 0.25) is 0 Å². The van der Waals surface area contributed by atoms with Crippen molar-refractivity contribution in [3.63, 3.8) is 0 Å². The summed E-state index contributed by atoms with van der Waals surface area (Å²) in [5.41, 5.74) is 3.77. The topological polar surface area (TPSA) is 61.6 Å². The molecule has 31 heavy (non-hydrogen) atoms. The van der Waals surface area contributed by atoms with E-state index in [0.29, 0.717) is 24.7 Å². The molecule has 0 N–H and O–H groups in total. The Bertz CT molecular complexity index is 1140. The average molecular weight is 411 g/mol. The molecule has 0 unspecified atom stereocenters. The van der Waals surface area contributed by atoms with E-state index in [2.05, 4.69) is 0 Å². The average Bonchev–Trinajstić information content (AvgIpc) is 2.83. The fraction of sp³-hybridized carbons (Fsp3) is 0.0769. The Balaban J connectivity index is 1.66. The third-order valence-corrected chi connectivity index (χ3v) is 4.83. The highest BCUT2D eigenvalue weighted by atomic mass is 16.6. The summed E-state index contributed by atoms with van der Waals surface area (Å²) >= 11 is 0. The molecular weight excluding hydrogens is 390 g/mol. The van der Waals surface area contributed by atoms with Gasteiger partial charge in [-0.05, 0) is 34.9 Å². The SMILES string of the molecule is O=[N+]([O-])c1ccc(-c2cccc(OCc3ccccc3)c2OCc2ccccc2)cc1. The Labute approximate surface area is 180 Å². The first-order valence-corrected chi connectivity index (χ1v) is 9.92. The van der Waals surface area contributed by atoms with E-state index in [9.17, 15) is 10.1 Å². The first-order chi connectivity index (χ1) is 15.2. The van der Waals surface area contributed by atoms with E-state index in [-0.39, 0.29) is 5.69 Å². The van der Waals surface area contributed by atoms with E-state index in [1.165, 1.54) is 12.1 Å². The molecule has 0 fully saturated rings. The monoisotopic (exact) mass is 411 g/mol. The Morgan fingerprint density at radius 1 is 0.645 bits per heavy atom. The number of rotatable bonds is 8. The smallest absolute Gasteiger partial charge is 0.269 e. The maximum absolute atomic E-state index is 11.0. The summed E-state index contributed by atoms with van der Waals surface area (Å²) in [6, 6.07) is 31.9. The molecule has 0 atom stereocenters. The normalized spacial score (nSPS) is 10.5. The highest BCUT2D eigenvalue weighted by Crippen LogP contribution is 2.39. The Hall–Kier alpha value is -4.12. The number of nitro benzene ring substituents is 1. The van der Waals surface area contributed by atoms with Gasteiger partial charge in [0.05, 0.1) is 4.92 Å². The number of nitrogens with zero attached hydrogens (tertiary/aromatic N) is 1. The van der Waals surface area contributed by atoms with E-state index in [4.69, 9.17) is 9.47 Å². The standard InChI is InChI=1S/C26H21NO4/c28-27(29)23-16-14-22(15-17-23)24-12-7-13-25(30-18-20-8-3-1-4-9-20)26(24)31-19-21-10-5-2-6-11-21/h1-17H,18-19H2. The maximum atomic E-state index is 11.0. The molecule has 0 aliphatic carbocycles. The fourth-order valence-corrected chi connectivity index (χ4v) is 3.23. The predicted octanol–water partition coefficient (Wildman–Crippen LogP) is 6.42. The molecule has 0 radical (unpaired) electrons. The van der Waals surface area contributed by atoms with Crippen molar-refractivity contribution in [2.75, 3.05) is 0 Å². The molecule has 0 aliphatic rings. The van der Waals surface area contributed by atoms with Crippen LogP contribution in [0.5, 0.6) is 11.5 Å². The van der Waals surface area contributed by atoms with E-state index in [1.807, 2.05) is 78.9 Å². The second-order valence-corrected chi connectivity index (χ2v) is 6.99. The van der Waals surface area contributed by atoms with Crippen molar-refractivity contribution in [3.8, 4) is 22.6 Å². The van der Waals surface area contributed by atoms with Crippen LogP contribution in [0.1, 0.15) is 11.1 Å². The molecule has 5 nitrogen and oxygen atoms in total. The van der Waals surface area contributed by atoms with E-state index >= 15 is 0 Å². The third kappa shape index (κ3) is 5.08. The highest BCUT2D eigenvalue weighted by molar-refractivity contribution is 5.74. The van der Waals surface area contributed by atoms with Gasteiger partial charge in [-0.2, -0.15) is 0 Å². The van der Waals surface area contributed by atoms with E-state index in [1.54, 1.807) is 12.1 Å². The molecule has 0 amide bonds. The first kappa shape index (κ1) is 20.2. The molecule has 0 spiro atoms. The Morgan fingerprint density at radius 3 is 1.81 bits per heavy atom. The van der Waals surface area contributed by atoms with Gasteiger partial charge < -0.3 is 9.47 Å². The molecule has 0 saturated heterocycles. The van der Waals surface area contributed by atoms with Crippen LogP contribution in [0.2, 0.25) is 0 Å². The van der Waals surface area contributed by atoms with Gasteiger partial charge in [-0.3, -0.25) is 10.1 Å². The van der Waals surface area contributed by atoms with Gasteiger partial charge in [0.1, 0.15) is 13.2 Å². The number of hydrogen-bond donors (Lipinski definition) is 0. The third-order valence-electron chi connectivity index (χ3n) is 4.83. The van der Waals surface area contributed by atoms with Crippen LogP contribution in [0.15, 0.2) is 103 Å². The van der Waals surface area contributed by atoms with E-state index < -0.39 is 4.92 Å². The van der Waals surface area contributed by atoms with Crippen molar-refractivity contribution >= 4 is 5.69 Å². The van der Waals surface area contributed by atoms with Gasteiger partial charge >= 0.3 is 0 Å². The summed E-state index contributed by atoms with van der Waals surface area (Å²) in [6.07, 6.45) is 0. The lowest BCUT2D eigenvalue weighted by Crippen LogP contribution is -2.02. The number of nitro groups is 1. The molecule has 5 heteroatoms. The lowest BCUT2D eigenvalue weighted by molar-refractivity contribution is -0.384. The van der Waals surface area contributed by atoms with Crippen LogP contribution in [-0.4, -0.2) is 4.92 Å². The van der Waals surface area contributed by atoms with Crippen LogP contribution in [0.3, 0.4) is 0 Å². The number of hydrogen-bond acceptors (Lipinski definition) is 4. The van der Waals surface area contributed by atoms with Crippen LogP contribution in [0.4, 0.5) is 5.69 Å². The van der Waals surface area contributed by atoms with Crippen molar-refractivity contribution in [1.82, 2.24) is 0 Å². The van der Waals surface area contributed by atoms with Crippen LogP contribution >= 0.6 is 0 Å². The molecule has 0 bridgehead atoms. The molecule has 154 valence electrons. The van der Waals surface area contributed by atoms with Crippen molar-refractivity contribution in [3.05, 3.63) is 124 Å². The minimum atomic E-state index is -0.407. The fourth-order valence-electron chi connectivity index (χ4n) is 3.23. The van der Waals surface area contributed by atoms with Crippen molar-refractivity contribution in [1.29, 1.82) is 0 Å². The molecular formula is C26H21NO4. The van der Waals surface area contributed by atoms with Gasteiger partial charge in [-0.25, -0.2) is 0 Å². The summed E-state index contributed by atoms with van der Waals surface area (Å²) in [5, 5.41) is 11.0. The lowest BCUT2D eigenvalue weighted by atomic mass is 10.0. The van der Waals surface area contributed by atoms with E-state index in [0.717, 1.165) is 22.3 Å². The number of para-hydroxylation sites is 1. The van der Waals surface area contributed by atoms with Crippen LogP contribution in [-0.2, 0) is 13.2 Å². The summed E-state index contributed by atoms with van der Waals surface area (Å²) in [7, 11) is 0. The van der Waals surface area contributed by atoms with Crippen molar-refractivity contribution in [2.45, 2.75) is 13.2 Å². The van der Waals surface area contributed by atoms with Gasteiger partial charge in [0, 0.05) is 17.7 Å². The van der Waals surface area contributed by atoms with Crippen LogP contribution < -0.4 is 9.47 Å². The minimum absolute atomic E-state index is 0.0481. The second kappa shape index (κ2) is 9.59. The van der Waals surface area contributed by atoms with Crippen molar-refractivity contribution < 1.29 is 14.4 Å². The molecule has 4 aromatic rings. The quantitative estimate of drug-likeness (QED) is 0.248. The Kier molecular flexibility index (Phi) is 6.24. The predicted molar refractivity (Wildman–Crippen MR) is 120 cm³/mol. The van der Waals surface area contributed by atoms with Crippen molar-refractivity contribution in [2.24, 2.45) is 0 Å². The number of benzene rings is 4. The van der Waals surface area contributed by atoms with Crippen LogP contribution in [0.25, 0.3) is 11.1 Å². The zero-order valence-corrected chi connectivity index (χ0v) is 16.8. The Morgan fingerprint density at radius 2 is 1.23 bits per heavy atom. The maximum Gasteiger partial charge on any atom is 0.269 e. The first-order valence-electron chi connectivity index (χ1n) is 9.92. The minimum Gasteiger partial charge on any atom is -0.485 e. The number of ether oxygens (including phenoxy) is 2. The van der Waals surface area contributed by atoms with Gasteiger partial charge in [-0.15, -0.1) is 0 Å². The van der Waals surface area contributed by atoms with Gasteiger partial charge in [0.25, 0.3) is 5.69 Å². The summed E-state index contributed by atoms with van der Waals surface area (Å²) in [4.78, 5) is 10.6. The highest BCUT2D eigenvalue weighted by Gasteiger charge is 2.15. The zero-order chi connectivity index (χ0) is 21.5. The lowest BCUT2D eigenvalue weighted by Gasteiger charge is -2.17. The second-order valence-electron chi connectivity index (χ2n) is 6.99. The van der Waals surface area contributed by atoms with Gasteiger partial charge in [-0.1, -0.05) is 72.8 Å². The van der Waals surface area contributed by atoms with Gasteiger partial charge in [0.15, 0.2) is 11.5 Å². The molecule has 0 aromatic heterocycles. The molecule has 0 aliphatic heterocycles. The summed E-state index contributed by atoms with van der Waals surface area (Å²) in [6.45, 7) is 0.790. The summed E-state index contributed by atoms with van der Waals surface area (Å²) in [5.74, 6) is 1.23.